The van der Waals surface area contributed by atoms with Crippen molar-refractivity contribution in [2.24, 2.45) is 0 Å². The van der Waals surface area contributed by atoms with E-state index in [1.54, 1.807) is 7.11 Å². The number of carbonyl (C=O) groups excluding carboxylic acids is 1. The van der Waals surface area contributed by atoms with Gasteiger partial charge in [-0.15, -0.1) is 0 Å². The molecule has 0 radical (unpaired) electrons. The molecule has 6 nitrogen and oxygen atoms in total. The standard InChI is InChI=1S/C25H28N4O2/c1-18-23(17-20-7-5-4-6-8-20)24(27-19(2)26-18)28-13-15-29(16-14-28)25(30)21-9-11-22(31-3)12-10-21/h4-12H,13-17H2,1-3H3. The Morgan fingerprint density at radius 3 is 2.26 bits per heavy atom. The molecule has 1 aliphatic heterocycles. The van der Waals surface area contributed by atoms with Gasteiger partial charge in [-0.2, -0.15) is 0 Å². The van der Waals surface area contributed by atoms with Crippen LogP contribution < -0.4 is 9.64 Å². The predicted octanol–water partition coefficient (Wildman–Crippen LogP) is 3.66. The fourth-order valence-corrected chi connectivity index (χ4v) is 4.02. The summed E-state index contributed by atoms with van der Waals surface area (Å²) in [5, 5.41) is 0. The van der Waals surface area contributed by atoms with Gasteiger partial charge in [0.1, 0.15) is 17.4 Å². The molecule has 0 aliphatic carbocycles. The van der Waals surface area contributed by atoms with Gasteiger partial charge in [-0.1, -0.05) is 30.3 Å². The highest BCUT2D eigenvalue weighted by atomic mass is 16.5. The van der Waals surface area contributed by atoms with Crippen LogP contribution in [0.1, 0.15) is 33.0 Å². The van der Waals surface area contributed by atoms with E-state index in [-0.39, 0.29) is 5.91 Å². The lowest BCUT2D eigenvalue weighted by Gasteiger charge is -2.36. The summed E-state index contributed by atoms with van der Waals surface area (Å²) in [5.74, 6) is 2.58. The van der Waals surface area contributed by atoms with Crippen molar-refractivity contribution in [2.45, 2.75) is 20.3 Å². The zero-order valence-electron chi connectivity index (χ0n) is 18.3. The van der Waals surface area contributed by atoms with Crippen LogP contribution in [0, 0.1) is 13.8 Å². The Balaban J connectivity index is 1.49. The first-order valence-electron chi connectivity index (χ1n) is 10.6. The maximum absolute atomic E-state index is 12.9. The Morgan fingerprint density at radius 2 is 1.61 bits per heavy atom. The number of aryl methyl sites for hydroxylation is 2. The highest BCUT2D eigenvalue weighted by molar-refractivity contribution is 5.94. The molecule has 1 amide bonds. The molecule has 1 aliphatic rings. The first-order chi connectivity index (χ1) is 15.0. The van der Waals surface area contributed by atoms with Crippen LogP contribution in [0.4, 0.5) is 5.82 Å². The number of carbonyl (C=O) groups is 1. The number of benzene rings is 2. The molecular weight excluding hydrogens is 388 g/mol. The maximum atomic E-state index is 12.9. The van der Waals surface area contributed by atoms with Crippen molar-refractivity contribution in [2.75, 3.05) is 38.2 Å². The molecule has 1 saturated heterocycles. The van der Waals surface area contributed by atoms with Crippen LogP contribution in [0.5, 0.6) is 5.75 Å². The van der Waals surface area contributed by atoms with Crippen molar-refractivity contribution in [3.8, 4) is 5.75 Å². The van der Waals surface area contributed by atoms with Gasteiger partial charge in [0.15, 0.2) is 0 Å². The van der Waals surface area contributed by atoms with Crippen molar-refractivity contribution in [3.63, 3.8) is 0 Å². The normalized spacial score (nSPS) is 13.9. The van der Waals surface area contributed by atoms with Crippen LogP contribution in [-0.4, -0.2) is 54.1 Å². The molecule has 31 heavy (non-hydrogen) atoms. The Bertz CT molecular complexity index is 1040. The largest absolute Gasteiger partial charge is 0.497 e. The number of hydrogen-bond acceptors (Lipinski definition) is 5. The van der Waals surface area contributed by atoms with E-state index in [0.717, 1.165) is 48.2 Å². The third-order valence-corrected chi connectivity index (χ3v) is 5.73. The molecule has 0 N–H and O–H groups in total. The lowest BCUT2D eigenvalue weighted by Crippen LogP contribution is -2.49. The monoisotopic (exact) mass is 416 g/mol. The summed E-state index contributed by atoms with van der Waals surface area (Å²) in [4.78, 5) is 26.5. The van der Waals surface area contributed by atoms with E-state index in [0.29, 0.717) is 18.7 Å². The number of rotatable bonds is 5. The van der Waals surface area contributed by atoms with E-state index in [9.17, 15) is 4.79 Å². The Hall–Kier alpha value is -3.41. The molecule has 4 rings (SSSR count). The van der Waals surface area contributed by atoms with Gasteiger partial charge in [0.25, 0.3) is 5.91 Å². The highest BCUT2D eigenvalue weighted by Gasteiger charge is 2.25. The average molecular weight is 417 g/mol. The average Bonchev–Trinajstić information content (AvgIpc) is 2.81. The molecule has 160 valence electrons. The molecule has 0 spiro atoms. The van der Waals surface area contributed by atoms with Gasteiger partial charge in [0.05, 0.1) is 7.11 Å². The summed E-state index contributed by atoms with van der Waals surface area (Å²) in [6, 6.07) is 17.7. The van der Waals surface area contributed by atoms with Gasteiger partial charge in [-0.3, -0.25) is 4.79 Å². The van der Waals surface area contributed by atoms with Gasteiger partial charge >= 0.3 is 0 Å². The topological polar surface area (TPSA) is 58.6 Å². The lowest BCUT2D eigenvalue weighted by atomic mass is 10.0. The molecule has 0 saturated carbocycles. The second-order valence-electron chi connectivity index (χ2n) is 7.83. The molecule has 0 atom stereocenters. The minimum atomic E-state index is 0.0573. The molecule has 2 heterocycles. The van der Waals surface area contributed by atoms with E-state index in [1.807, 2.05) is 42.2 Å². The first-order valence-corrected chi connectivity index (χ1v) is 10.6. The van der Waals surface area contributed by atoms with Crippen LogP contribution >= 0.6 is 0 Å². The van der Waals surface area contributed by atoms with Crippen molar-refractivity contribution in [1.29, 1.82) is 0 Å². The van der Waals surface area contributed by atoms with E-state index in [1.165, 1.54) is 5.56 Å². The smallest absolute Gasteiger partial charge is 0.253 e. The van der Waals surface area contributed by atoms with E-state index >= 15 is 0 Å². The number of nitrogens with zero attached hydrogens (tertiary/aromatic N) is 4. The summed E-state index contributed by atoms with van der Waals surface area (Å²) in [5.41, 5.74) is 4.11. The summed E-state index contributed by atoms with van der Waals surface area (Å²) in [6.45, 7) is 6.82. The van der Waals surface area contributed by atoms with Gasteiger partial charge in [-0.05, 0) is 43.7 Å². The number of aromatic nitrogens is 2. The van der Waals surface area contributed by atoms with E-state index < -0.39 is 0 Å². The minimum absolute atomic E-state index is 0.0573. The minimum Gasteiger partial charge on any atom is -0.497 e. The number of ether oxygens (including phenoxy) is 1. The maximum Gasteiger partial charge on any atom is 0.253 e. The Morgan fingerprint density at radius 1 is 0.935 bits per heavy atom. The van der Waals surface area contributed by atoms with Crippen LogP contribution in [-0.2, 0) is 6.42 Å². The zero-order chi connectivity index (χ0) is 21.8. The van der Waals surface area contributed by atoms with Crippen molar-refractivity contribution in [1.82, 2.24) is 14.9 Å². The Kier molecular flexibility index (Phi) is 6.16. The summed E-state index contributed by atoms with van der Waals surface area (Å²) in [7, 11) is 1.62. The highest BCUT2D eigenvalue weighted by Crippen LogP contribution is 2.25. The number of methoxy groups -OCH3 is 1. The lowest BCUT2D eigenvalue weighted by molar-refractivity contribution is 0.0746. The molecule has 6 heteroatoms. The molecule has 3 aromatic rings. The first kappa shape index (κ1) is 20.8. The molecule has 0 bridgehead atoms. The summed E-state index contributed by atoms with van der Waals surface area (Å²) >= 11 is 0. The molecule has 0 unspecified atom stereocenters. The van der Waals surface area contributed by atoms with Crippen molar-refractivity contribution < 1.29 is 9.53 Å². The number of piperazine rings is 1. The molecule has 1 fully saturated rings. The van der Waals surface area contributed by atoms with E-state index in [4.69, 9.17) is 9.72 Å². The van der Waals surface area contributed by atoms with Crippen molar-refractivity contribution >= 4 is 11.7 Å². The van der Waals surface area contributed by atoms with E-state index in [2.05, 4.69) is 41.1 Å². The van der Waals surface area contributed by atoms with Crippen LogP contribution in [0.2, 0.25) is 0 Å². The zero-order valence-corrected chi connectivity index (χ0v) is 18.3. The molecular formula is C25H28N4O2. The second-order valence-corrected chi connectivity index (χ2v) is 7.83. The van der Waals surface area contributed by atoms with Gasteiger partial charge in [-0.25, -0.2) is 9.97 Å². The fourth-order valence-electron chi connectivity index (χ4n) is 4.02. The third kappa shape index (κ3) is 4.68. The fraction of sp³-hybridized carbons (Fsp3) is 0.320. The summed E-state index contributed by atoms with van der Waals surface area (Å²) in [6.07, 6.45) is 0.799. The molecule has 2 aromatic carbocycles. The predicted molar refractivity (Wildman–Crippen MR) is 122 cm³/mol. The summed E-state index contributed by atoms with van der Waals surface area (Å²) < 4.78 is 5.19. The van der Waals surface area contributed by atoms with Crippen molar-refractivity contribution in [3.05, 3.63) is 82.8 Å². The SMILES string of the molecule is COc1ccc(C(=O)N2CCN(c3nc(C)nc(C)c3Cc3ccccc3)CC2)cc1. The van der Waals surface area contributed by atoms with Crippen LogP contribution in [0.15, 0.2) is 54.6 Å². The number of anilines is 1. The number of amides is 1. The van der Waals surface area contributed by atoms with Gasteiger partial charge in [0, 0.05) is 49.4 Å². The Labute approximate surface area is 183 Å². The number of hydrogen-bond donors (Lipinski definition) is 0. The van der Waals surface area contributed by atoms with Crippen LogP contribution in [0.25, 0.3) is 0 Å². The van der Waals surface area contributed by atoms with Gasteiger partial charge in [0.2, 0.25) is 0 Å². The molecule has 1 aromatic heterocycles. The quantitative estimate of drug-likeness (QED) is 0.635. The second kappa shape index (κ2) is 9.16. The van der Waals surface area contributed by atoms with Crippen LogP contribution in [0.3, 0.4) is 0 Å². The third-order valence-electron chi connectivity index (χ3n) is 5.73. The van der Waals surface area contributed by atoms with Gasteiger partial charge < -0.3 is 14.5 Å².